The Labute approximate surface area is 87.7 Å². The number of methoxy groups -OCH3 is 1. The van der Waals surface area contributed by atoms with E-state index >= 15 is 0 Å². The van der Waals surface area contributed by atoms with E-state index in [0.29, 0.717) is 5.75 Å². The Kier molecular flexibility index (Phi) is 3.74. The van der Waals surface area contributed by atoms with Gasteiger partial charge in [-0.25, -0.2) is 4.79 Å². The summed E-state index contributed by atoms with van der Waals surface area (Å²) in [7, 11) is 1.28. The van der Waals surface area contributed by atoms with Crippen LogP contribution in [0.25, 0.3) is 0 Å². The summed E-state index contributed by atoms with van der Waals surface area (Å²) in [4.78, 5) is 11.1. The third kappa shape index (κ3) is 3.02. The van der Waals surface area contributed by atoms with Crippen molar-refractivity contribution in [3.05, 3.63) is 36.9 Å². The van der Waals surface area contributed by atoms with Gasteiger partial charge in [0, 0.05) is 0 Å². The number of phenols is 1. The Bertz CT molecular complexity index is 342. The van der Waals surface area contributed by atoms with Crippen LogP contribution in [-0.4, -0.2) is 24.3 Å². The Hall–Kier alpha value is -1.97. The Balaban J connectivity index is 2.71. The average Bonchev–Trinajstić information content (AvgIpc) is 2.27. The van der Waals surface area contributed by atoms with Gasteiger partial charge in [0.15, 0.2) is 0 Å². The van der Waals surface area contributed by atoms with Gasteiger partial charge >= 0.3 is 5.97 Å². The first-order valence-corrected chi connectivity index (χ1v) is 4.33. The molecular weight excluding hydrogens is 196 g/mol. The molecule has 1 aromatic rings. The number of hydrogen-bond acceptors (Lipinski definition) is 4. The number of ether oxygens (including phenoxy) is 2. The fourth-order valence-electron chi connectivity index (χ4n) is 0.980. The van der Waals surface area contributed by atoms with Crippen molar-refractivity contribution in [1.82, 2.24) is 0 Å². The number of rotatable bonds is 4. The Morgan fingerprint density at radius 2 is 2.07 bits per heavy atom. The van der Waals surface area contributed by atoms with Gasteiger partial charge in [-0.05, 0) is 30.3 Å². The fourth-order valence-corrected chi connectivity index (χ4v) is 0.980. The van der Waals surface area contributed by atoms with E-state index in [-0.39, 0.29) is 5.75 Å². The molecular formula is C11H12O4. The molecule has 0 spiro atoms. The SMILES string of the molecule is C=CC(Oc1ccc(O)cc1)C(=O)OC. The Morgan fingerprint density at radius 1 is 1.47 bits per heavy atom. The van der Waals surface area contributed by atoms with Crippen LogP contribution in [0, 0.1) is 0 Å². The first-order valence-electron chi connectivity index (χ1n) is 4.33. The molecule has 0 aliphatic carbocycles. The minimum Gasteiger partial charge on any atom is -0.508 e. The predicted octanol–water partition coefficient (Wildman–Crippen LogP) is 1.50. The number of aromatic hydroxyl groups is 1. The molecule has 4 nitrogen and oxygen atoms in total. The number of carbonyl (C=O) groups is 1. The molecule has 4 heteroatoms. The summed E-state index contributed by atoms with van der Waals surface area (Å²) in [6, 6.07) is 6.03. The maximum atomic E-state index is 11.1. The quantitative estimate of drug-likeness (QED) is 0.601. The van der Waals surface area contributed by atoms with Crippen LogP contribution in [0.2, 0.25) is 0 Å². The zero-order chi connectivity index (χ0) is 11.3. The molecule has 15 heavy (non-hydrogen) atoms. The summed E-state index contributed by atoms with van der Waals surface area (Å²) in [6.07, 6.45) is 0.512. The largest absolute Gasteiger partial charge is 0.508 e. The second-order valence-corrected chi connectivity index (χ2v) is 2.79. The number of esters is 1. The van der Waals surface area contributed by atoms with Crippen LogP contribution >= 0.6 is 0 Å². The molecule has 0 aliphatic rings. The van der Waals surface area contributed by atoms with Crippen molar-refractivity contribution in [1.29, 1.82) is 0 Å². The van der Waals surface area contributed by atoms with Crippen molar-refractivity contribution in [2.45, 2.75) is 6.10 Å². The summed E-state index contributed by atoms with van der Waals surface area (Å²) in [5, 5.41) is 9.04. The smallest absolute Gasteiger partial charge is 0.351 e. The standard InChI is InChI=1S/C11H12O4/c1-3-10(11(13)14-2)15-9-6-4-8(12)5-7-9/h3-7,10,12H,1H2,2H3. The van der Waals surface area contributed by atoms with Crippen molar-refractivity contribution in [3.63, 3.8) is 0 Å². The van der Waals surface area contributed by atoms with Crippen molar-refractivity contribution in [3.8, 4) is 11.5 Å². The van der Waals surface area contributed by atoms with E-state index in [4.69, 9.17) is 9.84 Å². The van der Waals surface area contributed by atoms with Crippen LogP contribution in [0.5, 0.6) is 11.5 Å². The molecule has 1 unspecified atom stereocenters. The molecule has 1 aromatic carbocycles. The number of phenolic OH excluding ortho intramolecular Hbond substituents is 1. The molecule has 0 radical (unpaired) electrons. The molecule has 0 fully saturated rings. The van der Waals surface area contributed by atoms with Crippen LogP contribution in [-0.2, 0) is 9.53 Å². The summed E-state index contributed by atoms with van der Waals surface area (Å²) in [5.41, 5.74) is 0. The van der Waals surface area contributed by atoms with Crippen molar-refractivity contribution >= 4 is 5.97 Å². The van der Waals surface area contributed by atoms with E-state index in [2.05, 4.69) is 11.3 Å². The first-order chi connectivity index (χ1) is 7.17. The minimum atomic E-state index is -0.834. The van der Waals surface area contributed by atoms with Crippen LogP contribution in [0.4, 0.5) is 0 Å². The highest BCUT2D eigenvalue weighted by atomic mass is 16.6. The van der Waals surface area contributed by atoms with Gasteiger partial charge in [0.25, 0.3) is 0 Å². The molecule has 0 bridgehead atoms. The average molecular weight is 208 g/mol. The molecule has 0 amide bonds. The van der Waals surface area contributed by atoms with Crippen LogP contribution in [0.1, 0.15) is 0 Å². The highest BCUT2D eigenvalue weighted by Gasteiger charge is 2.16. The first kappa shape index (κ1) is 11.1. The van der Waals surface area contributed by atoms with Gasteiger partial charge in [0.2, 0.25) is 6.10 Å². The predicted molar refractivity (Wildman–Crippen MR) is 54.7 cm³/mol. The van der Waals surface area contributed by atoms with Gasteiger partial charge in [-0.15, -0.1) is 0 Å². The molecule has 1 atom stereocenters. The lowest BCUT2D eigenvalue weighted by atomic mass is 10.3. The highest BCUT2D eigenvalue weighted by Crippen LogP contribution is 2.17. The van der Waals surface area contributed by atoms with E-state index in [1.165, 1.54) is 25.3 Å². The topological polar surface area (TPSA) is 55.8 Å². The molecule has 1 rings (SSSR count). The summed E-state index contributed by atoms with van der Waals surface area (Å²) < 4.78 is 9.78. The van der Waals surface area contributed by atoms with Crippen LogP contribution < -0.4 is 4.74 Å². The summed E-state index contributed by atoms with van der Waals surface area (Å²) >= 11 is 0. The van der Waals surface area contributed by atoms with Crippen molar-refractivity contribution < 1.29 is 19.4 Å². The molecule has 0 heterocycles. The monoisotopic (exact) mass is 208 g/mol. The number of benzene rings is 1. The van der Waals surface area contributed by atoms with Crippen LogP contribution in [0.3, 0.4) is 0 Å². The third-order valence-corrected chi connectivity index (χ3v) is 1.75. The maximum absolute atomic E-state index is 11.1. The van der Waals surface area contributed by atoms with Crippen molar-refractivity contribution in [2.75, 3.05) is 7.11 Å². The van der Waals surface area contributed by atoms with E-state index < -0.39 is 12.1 Å². The maximum Gasteiger partial charge on any atom is 0.351 e. The van der Waals surface area contributed by atoms with E-state index in [9.17, 15) is 4.79 Å². The van der Waals surface area contributed by atoms with Gasteiger partial charge in [-0.3, -0.25) is 0 Å². The lowest BCUT2D eigenvalue weighted by Gasteiger charge is -2.12. The lowest BCUT2D eigenvalue weighted by Crippen LogP contribution is -2.25. The van der Waals surface area contributed by atoms with Crippen molar-refractivity contribution in [2.24, 2.45) is 0 Å². The molecule has 0 aromatic heterocycles. The van der Waals surface area contributed by atoms with Gasteiger partial charge in [0.1, 0.15) is 11.5 Å². The molecule has 1 N–H and O–H groups in total. The highest BCUT2D eigenvalue weighted by molar-refractivity contribution is 5.77. The van der Waals surface area contributed by atoms with E-state index in [1.54, 1.807) is 12.1 Å². The summed E-state index contributed by atoms with van der Waals surface area (Å²) in [6.45, 7) is 3.47. The minimum absolute atomic E-state index is 0.135. The normalized spacial score (nSPS) is 11.5. The van der Waals surface area contributed by atoms with Gasteiger partial charge in [-0.2, -0.15) is 0 Å². The zero-order valence-corrected chi connectivity index (χ0v) is 8.34. The Morgan fingerprint density at radius 3 is 2.53 bits per heavy atom. The third-order valence-electron chi connectivity index (χ3n) is 1.75. The van der Waals surface area contributed by atoms with E-state index in [0.717, 1.165) is 0 Å². The second-order valence-electron chi connectivity index (χ2n) is 2.79. The molecule has 0 aliphatic heterocycles. The van der Waals surface area contributed by atoms with Crippen LogP contribution in [0.15, 0.2) is 36.9 Å². The zero-order valence-electron chi connectivity index (χ0n) is 8.34. The molecule has 0 saturated heterocycles. The van der Waals surface area contributed by atoms with Gasteiger partial charge < -0.3 is 14.6 Å². The summed E-state index contributed by atoms with van der Waals surface area (Å²) in [5.74, 6) is 0.0803. The number of hydrogen-bond donors (Lipinski definition) is 1. The molecule has 80 valence electrons. The number of carbonyl (C=O) groups excluding carboxylic acids is 1. The van der Waals surface area contributed by atoms with E-state index in [1.807, 2.05) is 0 Å². The van der Waals surface area contributed by atoms with Gasteiger partial charge in [0.05, 0.1) is 7.11 Å². The molecule has 0 saturated carbocycles. The fraction of sp³-hybridized carbons (Fsp3) is 0.182. The van der Waals surface area contributed by atoms with Gasteiger partial charge in [-0.1, -0.05) is 6.58 Å². The lowest BCUT2D eigenvalue weighted by molar-refractivity contribution is -0.146. The second kappa shape index (κ2) is 5.05.